The van der Waals surface area contributed by atoms with E-state index in [9.17, 15) is 13.9 Å². The predicted octanol–water partition coefficient (Wildman–Crippen LogP) is 4.28. The maximum absolute atomic E-state index is 13.2. The van der Waals surface area contributed by atoms with Crippen molar-refractivity contribution in [1.82, 2.24) is 0 Å². The van der Waals surface area contributed by atoms with Crippen molar-refractivity contribution in [2.45, 2.75) is 18.6 Å². The molecule has 0 amide bonds. The van der Waals surface area contributed by atoms with Gasteiger partial charge in [-0.05, 0) is 30.3 Å². The van der Waals surface area contributed by atoms with E-state index in [1.807, 2.05) is 0 Å². The highest BCUT2D eigenvalue weighted by molar-refractivity contribution is 9.10. The summed E-state index contributed by atoms with van der Waals surface area (Å²) in [6.07, 6.45) is -0.921. The van der Waals surface area contributed by atoms with E-state index in [-0.39, 0.29) is 5.82 Å². The van der Waals surface area contributed by atoms with E-state index in [4.69, 9.17) is 4.74 Å². The first kappa shape index (κ1) is 13.5. The summed E-state index contributed by atoms with van der Waals surface area (Å²) in [6.45, 7) is 0. The van der Waals surface area contributed by atoms with Gasteiger partial charge >= 0.3 is 0 Å². The van der Waals surface area contributed by atoms with Crippen molar-refractivity contribution in [2.75, 3.05) is 0 Å². The van der Waals surface area contributed by atoms with Gasteiger partial charge in [0.1, 0.15) is 23.5 Å². The summed E-state index contributed by atoms with van der Waals surface area (Å²) < 4.78 is 32.7. The minimum Gasteiger partial charge on any atom is -0.485 e. The Morgan fingerprint density at radius 3 is 2.50 bits per heavy atom. The van der Waals surface area contributed by atoms with Gasteiger partial charge in [0, 0.05) is 22.0 Å². The number of halogens is 3. The monoisotopic (exact) mass is 340 g/mol. The zero-order valence-electron chi connectivity index (χ0n) is 10.3. The van der Waals surface area contributed by atoms with Gasteiger partial charge in [-0.2, -0.15) is 0 Å². The lowest BCUT2D eigenvalue weighted by Gasteiger charge is -2.30. The van der Waals surface area contributed by atoms with Crippen LogP contribution in [0.25, 0.3) is 0 Å². The fourth-order valence-corrected chi connectivity index (χ4v) is 2.98. The van der Waals surface area contributed by atoms with Crippen LogP contribution in [0.2, 0.25) is 0 Å². The van der Waals surface area contributed by atoms with Gasteiger partial charge in [-0.3, -0.25) is 0 Å². The van der Waals surface area contributed by atoms with Crippen LogP contribution in [-0.4, -0.2) is 5.11 Å². The second-order valence-electron chi connectivity index (χ2n) is 4.71. The summed E-state index contributed by atoms with van der Waals surface area (Å²) in [4.78, 5) is 0. The molecular formula is C15H11BrF2O2. The molecule has 2 nitrogen and oxygen atoms in total. The van der Waals surface area contributed by atoms with Gasteiger partial charge < -0.3 is 9.84 Å². The summed E-state index contributed by atoms with van der Waals surface area (Å²) in [5.74, 6) is -0.307. The zero-order chi connectivity index (χ0) is 14.3. The Kier molecular flexibility index (Phi) is 3.48. The molecule has 2 aromatic carbocycles. The minimum absolute atomic E-state index is 0.292. The molecule has 5 heteroatoms. The van der Waals surface area contributed by atoms with E-state index < -0.39 is 18.0 Å². The standard InChI is InChI=1S/C15H11BrF2O2/c16-12-6-9(18)1-3-10(12)15-7-13(19)11-5-8(17)2-4-14(11)20-15/h1-6,13,15,19H,7H2. The number of fused-ring (bicyclic) bond motifs is 1. The molecule has 0 fully saturated rings. The third kappa shape index (κ3) is 2.43. The van der Waals surface area contributed by atoms with Crippen LogP contribution in [0.1, 0.15) is 29.8 Å². The number of aliphatic hydroxyl groups excluding tert-OH is 1. The Balaban J connectivity index is 1.97. The molecule has 0 bridgehead atoms. The first-order chi connectivity index (χ1) is 9.54. The molecule has 0 spiro atoms. The Morgan fingerprint density at radius 1 is 1.05 bits per heavy atom. The molecule has 1 aliphatic heterocycles. The van der Waals surface area contributed by atoms with Gasteiger partial charge in [-0.1, -0.05) is 22.0 Å². The predicted molar refractivity (Wildman–Crippen MR) is 73.4 cm³/mol. The lowest BCUT2D eigenvalue weighted by atomic mass is 9.95. The van der Waals surface area contributed by atoms with Crippen LogP contribution < -0.4 is 4.74 Å². The summed E-state index contributed by atoms with van der Waals surface area (Å²) >= 11 is 3.29. The fraction of sp³-hybridized carbons (Fsp3) is 0.200. The molecule has 0 radical (unpaired) electrons. The van der Waals surface area contributed by atoms with Crippen LogP contribution in [0.5, 0.6) is 5.75 Å². The molecule has 2 aromatic rings. The van der Waals surface area contributed by atoms with E-state index >= 15 is 0 Å². The van der Waals surface area contributed by atoms with Crippen molar-refractivity contribution in [3.63, 3.8) is 0 Å². The number of aliphatic hydroxyl groups is 1. The van der Waals surface area contributed by atoms with E-state index in [1.165, 1.54) is 30.3 Å². The van der Waals surface area contributed by atoms with Crippen LogP contribution in [0, 0.1) is 11.6 Å². The average molecular weight is 341 g/mol. The van der Waals surface area contributed by atoms with Crippen LogP contribution >= 0.6 is 15.9 Å². The van der Waals surface area contributed by atoms with Crippen molar-refractivity contribution in [1.29, 1.82) is 0 Å². The number of benzene rings is 2. The molecule has 2 unspecified atom stereocenters. The summed E-state index contributed by atoms with van der Waals surface area (Å²) in [7, 11) is 0. The van der Waals surface area contributed by atoms with Crippen LogP contribution in [0.3, 0.4) is 0 Å². The van der Waals surface area contributed by atoms with Crippen LogP contribution in [-0.2, 0) is 0 Å². The second-order valence-corrected chi connectivity index (χ2v) is 5.56. The quantitative estimate of drug-likeness (QED) is 0.839. The normalized spacial score (nSPS) is 21.2. The molecule has 3 rings (SSSR count). The van der Waals surface area contributed by atoms with Gasteiger partial charge in [0.25, 0.3) is 0 Å². The third-order valence-corrected chi connectivity index (χ3v) is 4.03. The molecule has 0 aromatic heterocycles. The van der Waals surface area contributed by atoms with Gasteiger partial charge in [0.2, 0.25) is 0 Å². The fourth-order valence-electron chi connectivity index (χ4n) is 2.37. The first-order valence-corrected chi connectivity index (χ1v) is 6.93. The van der Waals surface area contributed by atoms with E-state index in [0.29, 0.717) is 22.2 Å². The van der Waals surface area contributed by atoms with E-state index in [1.54, 1.807) is 6.07 Å². The highest BCUT2D eigenvalue weighted by Gasteiger charge is 2.29. The topological polar surface area (TPSA) is 29.5 Å². The third-order valence-electron chi connectivity index (χ3n) is 3.35. The average Bonchev–Trinajstić information content (AvgIpc) is 2.39. The van der Waals surface area contributed by atoms with Gasteiger partial charge in [0.05, 0.1) is 6.10 Å². The minimum atomic E-state index is -0.809. The lowest BCUT2D eigenvalue weighted by molar-refractivity contribution is 0.0650. The number of hydrogen-bond acceptors (Lipinski definition) is 2. The maximum Gasteiger partial charge on any atom is 0.128 e. The highest BCUT2D eigenvalue weighted by Crippen LogP contribution is 2.42. The zero-order valence-corrected chi connectivity index (χ0v) is 11.9. The molecule has 0 saturated heterocycles. The van der Waals surface area contributed by atoms with E-state index in [0.717, 1.165) is 5.56 Å². The molecular weight excluding hydrogens is 330 g/mol. The van der Waals surface area contributed by atoms with Crippen molar-refractivity contribution in [2.24, 2.45) is 0 Å². The Morgan fingerprint density at radius 2 is 1.75 bits per heavy atom. The molecule has 1 heterocycles. The highest BCUT2D eigenvalue weighted by atomic mass is 79.9. The molecule has 0 aliphatic carbocycles. The molecule has 1 aliphatic rings. The number of ether oxygens (including phenoxy) is 1. The summed E-state index contributed by atoms with van der Waals surface area (Å²) in [5.41, 5.74) is 1.19. The molecule has 104 valence electrons. The largest absolute Gasteiger partial charge is 0.485 e. The van der Waals surface area contributed by atoms with Gasteiger partial charge in [0.15, 0.2) is 0 Å². The van der Waals surface area contributed by atoms with Crippen LogP contribution in [0.15, 0.2) is 40.9 Å². The Labute approximate surface area is 123 Å². The van der Waals surface area contributed by atoms with Gasteiger partial charge in [-0.25, -0.2) is 8.78 Å². The van der Waals surface area contributed by atoms with Crippen molar-refractivity contribution in [3.8, 4) is 5.75 Å². The SMILES string of the molecule is OC1CC(c2ccc(F)cc2Br)Oc2ccc(F)cc21. The number of hydrogen-bond donors (Lipinski definition) is 1. The molecule has 20 heavy (non-hydrogen) atoms. The smallest absolute Gasteiger partial charge is 0.128 e. The number of rotatable bonds is 1. The summed E-state index contributed by atoms with van der Waals surface area (Å²) in [5, 5.41) is 10.1. The van der Waals surface area contributed by atoms with Crippen LogP contribution in [0.4, 0.5) is 8.78 Å². The molecule has 1 N–H and O–H groups in total. The lowest BCUT2D eigenvalue weighted by Crippen LogP contribution is -2.19. The Bertz CT molecular complexity index is 660. The maximum atomic E-state index is 13.2. The second kappa shape index (κ2) is 5.14. The molecule has 2 atom stereocenters. The van der Waals surface area contributed by atoms with Crippen molar-refractivity contribution < 1.29 is 18.6 Å². The van der Waals surface area contributed by atoms with Crippen molar-refractivity contribution >= 4 is 15.9 Å². The van der Waals surface area contributed by atoms with Gasteiger partial charge in [-0.15, -0.1) is 0 Å². The molecule has 0 saturated carbocycles. The first-order valence-electron chi connectivity index (χ1n) is 6.13. The van der Waals surface area contributed by atoms with Crippen molar-refractivity contribution in [3.05, 3.63) is 63.6 Å². The van der Waals surface area contributed by atoms with E-state index in [2.05, 4.69) is 15.9 Å². The summed E-state index contributed by atoms with van der Waals surface area (Å²) in [6, 6.07) is 8.37. The Hall–Kier alpha value is -1.46.